The first-order valence-corrected chi connectivity index (χ1v) is 10.5. The molecule has 0 spiro atoms. The molecule has 1 aromatic heterocycles. The van der Waals surface area contributed by atoms with Crippen molar-refractivity contribution in [2.24, 2.45) is 0 Å². The van der Waals surface area contributed by atoms with E-state index in [0.29, 0.717) is 23.6 Å². The van der Waals surface area contributed by atoms with Crippen LogP contribution in [0.3, 0.4) is 0 Å². The lowest BCUT2D eigenvalue weighted by molar-refractivity contribution is -0.117. The predicted molar refractivity (Wildman–Crippen MR) is 119 cm³/mol. The number of Topliss-reactive ketones (excluding diaryl/α,β-unsaturated/α-hetero) is 1. The summed E-state index contributed by atoms with van der Waals surface area (Å²) in [4.78, 5) is 30.7. The number of methoxy groups -OCH3 is 1. The Morgan fingerprint density at radius 2 is 1.69 bits per heavy atom. The van der Waals surface area contributed by atoms with Crippen molar-refractivity contribution in [1.82, 2.24) is 10.3 Å². The number of ether oxygens (including phenoxy) is 1. The number of rotatable bonds is 3. The summed E-state index contributed by atoms with van der Waals surface area (Å²) in [6.45, 7) is 0. The number of aliphatic hydroxyl groups excluding tert-OH is 1. The van der Waals surface area contributed by atoms with Crippen LogP contribution in [-0.2, 0) is 4.79 Å². The average molecular weight is 426 g/mol. The molecule has 32 heavy (non-hydrogen) atoms. The van der Waals surface area contributed by atoms with Gasteiger partial charge in [0.2, 0.25) is 0 Å². The standard InChI is InChI=1S/C26H22N2O4/c1-32-22-10-6-5-9-17(22)19-12-11-18-24(27-19)25(30)23-20(28-26(18)31)13-16(14-21(23)29)15-7-3-2-4-8-15/h2-12,16,25,30H,13-14H2,1H3,(H,28,31). The Balaban J connectivity index is 1.57. The van der Waals surface area contributed by atoms with Crippen molar-refractivity contribution in [2.45, 2.75) is 24.9 Å². The van der Waals surface area contributed by atoms with Crippen LogP contribution < -0.4 is 10.1 Å². The molecular formula is C26H22N2O4. The van der Waals surface area contributed by atoms with Crippen molar-refractivity contribution in [3.8, 4) is 17.0 Å². The van der Waals surface area contributed by atoms with Crippen LogP contribution in [0, 0.1) is 0 Å². The molecule has 1 amide bonds. The third-order valence-corrected chi connectivity index (χ3v) is 6.13. The zero-order chi connectivity index (χ0) is 22.2. The van der Waals surface area contributed by atoms with Gasteiger partial charge in [-0.05, 0) is 42.2 Å². The van der Waals surface area contributed by atoms with Gasteiger partial charge in [0.05, 0.1) is 24.1 Å². The van der Waals surface area contributed by atoms with E-state index in [1.165, 1.54) is 0 Å². The maximum Gasteiger partial charge on any atom is 0.257 e. The van der Waals surface area contributed by atoms with Gasteiger partial charge in [-0.2, -0.15) is 0 Å². The summed E-state index contributed by atoms with van der Waals surface area (Å²) in [5.41, 5.74) is 3.48. The molecule has 0 saturated heterocycles. The lowest BCUT2D eigenvalue weighted by Crippen LogP contribution is -2.29. The molecule has 0 bridgehead atoms. The highest BCUT2D eigenvalue weighted by atomic mass is 16.5. The molecule has 2 N–H and O–H groups in total. The van der Waals surface area contributed by atoms with Crippen LogP contribution >= 0.6 is 0 Å². The Labute approximate surface area is 185 Å². The van der Waals surface area contributed by atoms with E-state index in [2.05, 4.69) is 10.3 Å². The van der Waals surface area contributed by atoms with Gasteiger partial charge in [-0.1, -0.05) is 42.5 Å². The summed E-state index contributed by atoms with van der Waals surface area (Å²) in [5, 5.41) is 14.1. The number of pyridine rings is 1. The fraction of sp³-hybridized carbons (Fsp3) is 0.192. The Morgan fingerprint density at radius 3 is 2.47 bits per heavy atom. The van der Waals surface area contributed by atoms with Gasteiger partial charge < -0.3 is 15.2 Å². The molecule has 2 atom stereocenters. The number of nitrogens with zero attached hydrogens (tertiary/aromatic N) is 1. The van der Waals surface area contributed by atoms with E-state index in [1.807, 2.05) is 54.6 Å². The average Bonchev–Trinajstić information content (AvgIpc) is 2.93. The van der Waals surface area contributed by atoms with E-state index in [1.54, 1.807) is 19.2 Å². The highest BCUT2D eigenvalue weighted by Crippen LogP contribution is 2.41. The van der Waals surface area contributed by atoms with Crippen molar-refractivity contribution in [3.05, 3.63) is 94.8 Å². The van der Waals surface area contributed by atoms with Crippen molar-refractivity contribution >= 4 is 11.7 Å². The van der Waals surface area contributed by atoms with Crippen LogP contribution in [0.15, 0.2) is 78.0 Å². The number of ketones is 1. The number of hydrogen-bond acceptors (Lipinski definition) is 5. The van der Waals surface area contributed by atoms with Gasteiger partial charge >= 0.3 is 0 Å². The van der Waals surface area contributed by atoms with E-state index < -0.39 is 6.10 Å². The lowest BCUT2D eigenvalue weighted by Gasteiger charge is -2.27. The normalized spacial score (nSPS) is 20.2. The minimum Gasteiger partial charge on any atom is -0.496 e. The summed E-state index contributed by atoms with van der Waals surface area (Å²) in [6.07, 6.45) is -0.531. The minimum atomic E-state index is -1.28. The Bertz CT molecular complexity index is 1250. The molecule has 3 aromatic rings. The molecule has 6 heteroatoms. The number of hydrogen-bond donors (Lipinski definition) is 2. The number of carbonyl (C=O) groups excluding carboxylic acids is 2. The number of nitrogens with one attached hydrogen (secondary N) is 1. The van der Waals surface area contributed by atoms with E-state index in [9.17, 15) is 14.7 Å². The minimum absolute atomic E-state index is 0.0479. The lowest BCUT2D eigenvalue weighted by atomic mass is 9.80. The van der Waals surface area contributed by atoms with Gasteiger partial charge in [0.1, 0.15) is 11.9 Å². The maximum atomic E-state index is 13.1. The van der Waals surface area contributed by atoms with Crippen LogP contribution in [0.4, 0.5) is 0 Å². The van der Waals surface area contributed by atoms with E-state index in [0.717, 1.165) is 11.1 Å². The number of allylic oxidation sites excluding steroid dienone is 1. The molecule has 1 aliphatic heterocycles. The predicted octanol–water partition coefficient (Wildman–Crippen LogP) is 3.93. The van der Waals surface area contributed by atoms with Crippen molar-refractivity contribution in [2.75, 3.05) is 7.11 Å². The van der Waals surface area contributed by atoms with E-state index in [-0.39, 0.29) is 40.9 Å². The number of aromatic nitrogens is 1. The van der Waals surface area contributed by atoms with Crippen LogP contribution in [0.25, 0.3) is 11.3 Å². The topological polar surface area (TPSA) is 88.5 Å². The number of benzene rings is 2. The molecule has 2 unspecified atom stereocenters. The van der Waals surface area contributed by atoms with Gasteiger partial charge in [0, 0.05) is 23.3 Å². The first-order valence-electron chi connectivity index (χ1n) is 10.5. The molecule has 1 aliphatic carbocycles. The highest BCUT2D eigenvalue weighted by molar-refractivity contribution is 6.04. The van der Waals surface area contributed by atoms with Crippen LogP contribution in [-0.4, -0.2) is 28.9 Å². The van der Waals surface area contributed by atoms with Crippen LogP contribution in [0.5, 0.6) is 5.75 Å². The van der Waals surface area contributed by atoms with Gasteiger partial charge in [0.25, 0.3) is 5.91 Å². The van der Waals surface area contributed by atoms with Gasteiger partial charge in [-0.3, -0.25) is 9.59 Å². The number of para-hydroxylation sites is 1. The second kappa shape index (κ2) is 8.05. The highest BCUT2D eigenvalue weighted by Gasteiger charge is 2.38. The number of amides is 1. The SMILES string of the molecule is COc1ccccc1-c1ccc2c(n1)C(O)C1=C(CC(c3ccccc3)CC1=O)NC2=O. The molecule has 6 nitrogen and oxygen atoms in total. The zero-order valence-electron chi connectivity index (χ0n) is 17.5. The number of fused-ring (bicyclic) bond motifs is 1. The zero-order valence-corrected chi connectivity index (χ0v) is 17.5. The molecule has 0 fully saturated rings. The van der Waals surface area contributed by atoms with Crippen molar-refractivity contribution in [3.63, 3.8) is 0 Å². The van der Waals surface area contributed by atoms with Crippen molar-refractivity contribution < 1.29 is 19.4 Å². The number of aliphatic hydroxyl groups is 1. The number of carbonyl (C=O) groups is 2. The third-order valence-electron chi connectivity index (χ3n) is 6.13. The quantitative estimate of drug-likeness (QED) is 0.662. The molecule has 2 heterocycles. The molecule has 2 aromatic carbocycles. The van der Waals surface area contributed by atoms with Gasteiger partial charge in [0.15, 0.2) is 5.78 Å². The maximum absolute atomic E-state index is 13.1. The largest absolute Gasteiger partial charge is 0.496 e. The molecule has 160 valence electrons. The molecule has 0 radical (unpaired) electrons. The van der Waals surface area contributed by atoms with Crippen LogP contribution in [0.2, 0.25) is 0 Å². The molecule has 0 saturated carbocycles. The van der Waals surface area contributed by atoms with Gasteiger partial charge in [-0.25, -0.2) is 4.98 Å². The van der Waals surface area contributed by atoms with Gasteiger partial charge in [-0.15, -0.1) is 0 Å². The first kappa shape index (κ1) is 20.2. The Morgan fingerprint density at radius 1 is 0.938 bits per heavy atom. The second-order valence-electron chi connectivity index (χ2n) is 8.02. The van der Waals surface area contributed by atoms with E-state index >= 15 is 0 Å². The van der Waals surface area contributed by atoms with Crippen molar-refractivity contribution in [1.29, 1.82) is 0 Å². The Kier molecular flexibility index (Phi) is 5.07. The fourth-order valence-corrected chi connectivity index (χ4v) is 4.55. The molecule has 5 rings (SSSR count). The fourth-order valence-electron chi connectivity index (χ4n) is 4.55. The monoisotopic (exact) mass is 426 g/mol. The first-order chi connectivity index (χ1) is 15.6. The van der Waals surface area contributed by atoms with E-state index in [4.69, 9.17) is 4.74 Å². The second-order valence-corrected chi connectivity index (χ2v) is 8.02. The Hall–Kier alpha value is -3.77. The molecule has 2 aliphatic rings. The third kappa shape index (κ3) is 3.39. The summed E-state index contributed by atoms with van der Waals surface area (Å²) in [7, 11) is 1.57. The molecular weight excluding hydrogens is 404 g/mol. The summed E-state index contributed by atoms with van der Waals surface area (Å²) in [6, 6.07) is 20.5. The summed E-state index contributed by atoms with van der Waals surface area (Å²) < 4.78 is 5.43. The summed E-state index contributed by atoms with van der Waals surface area (Å²) in [5.74, 6) is 0.0370. The van der Waals surface area contributed by atoms with Crippen LogP contribution in [0.1, 0.15) is 46.5 Å². The summed E-state index contributed by atoms with van der Waals surface area (Å²) >= 11 is 0. The smallest absolute Gasteiger partial charge is 0.257 e.